The van der Waals surface area contributed by atoms with Crippen molar-refractivity contribution in [3.8, 4) is 0 Å². The van der Waals surface area contributed by atoms with Crippen molar-refractivity contribution in [1.82, 2.24) is 25.4 Å². The maximum Gasteiger partial charge on any atom is 0.192 e. The van der Waals surface area contributed by atoms with E-state index in [-0.39, 0.29) is 24.0 Å². The van der Waals surface area contributed by atoms with Gasteiger partial charge >= 0.3 is 0 Å². The van der Waals surface area contributed by atoms with Gasteiger partial charge in [-0.3, -0.25) is 0 Å². The molecule has 8 heteroatoms. The van der Waals surface area contributed by atoms with E-state index in [4.69, 9.17) is 0 Å². The molecule has 0 aromatic carbocycles. The highest BCUT2D eigenvalue weighted by Gasteiger charge is 2.10. The molecule has 0 amide bonds. The number of rotatable bonds is 6. The molecule has 2 heterocycles. The third kappa shape index (κ3) is 6.04. The lowest BCUT2D eigenvalue weighted by molar-refractivity contribution is 0.480. The second-order valence-corrected chi connectivity index (χ2v) is 7.03. The molecule has 0 saturated carbocycles. The van der Waals surface area contributed by atoms with Gasteiger partial charge in [-0.25, -0.2) is 4.99 Å². The minimum Gasteiger partial charge on any atom is -0.354 e. The van der Waals surface area contributed by atoms with Gasteiger partial charge in [0.1, 0.15) is 12.4 Å². The number of aryl methyl sites for hydroxylation is 1. The Morgan fingerprint density at radius 3 is 2.62 bits per heavy atom. The SMILES string of the molecule is Cc1nnc(CN=C(NCc2cccs2)NC(C)C(C)C)n1C.I. The van der Waals surface area contributed by atoms with E-state index < -0.39 is 0 Å². The van der Waals surface area contributed by atoms with E-state index in [1.54, 1.807) is 11.3 Å². The van der Waals surface area contributed by atoms with Gasteiger partial charge in [-0.05, 0) is 31.2 Å². The van der Waals surface area contributed by atoms with E-state index in [9.17, 15) is 0 Å². The summed E-state index contributed by atoms with van der Waals surface area (Å²) in [5.74, 6) is 3.09. The Labute approximate surface area is 165 Å². The summed E-state index contributed by atoms with van der Waals surface area (Å²) in [5, 5.41) is 17.2. The summed E-state index contributed by atoms with van der Waals surface area (Å²) in [6, 6.07) is 4.52. The minimum absolute atomic E-state index is 0. The van der Waals surface area contributed by atoms with Gasteiger partial charge in [0.2, 0.25) is 0 Å². The first-order valence-corrected chi connectivity index (χ1v) is 8.77. The first kappa shape index (κ1) is 20.9. The molecule has 2 aromatic heterocycles. The van der Waals surface area contributed by atoms with Crippen LogP contribution in [0.15, 0.2) is 22.5 Å². The highest BCUT2D eigenvalue weighted by atomic mass is 127. The fourth-order valence-corrected chi connectivity index (χ4v) is 2.50. The summed E-state index contributed by atoms with van der Waals surface area (Å²) >= 11 is 1.74. The Hall–Kier alpha value is -1.16. The molecule has 0 saturated heterocycles. The molecular weight excluding hydrogens is 435 g/mol. The molecule has 0 fully saturated rings. The average molecular weight is 462 g/mol. The van der Waals surface area contributed by atoms with Gasteiger partial charge < -0.3 is 15.2 Å². The fourth-order valence-electron chi connectivity index (χ4n) is 1.86. The molecule has 0 bridgehead atoms. The summed E-state index contributed by atoms with van der Waals surface area (Å²) in [5.41, 5.74) is 0. The number of halogens is 1. The van der Waals surface area contributed by atoms with Gasteiger partial charge in [0.15, 0.2) is 11.8 Å². The van der Waals surface area contributed by atoms with Gasteiger partial charge in [-0.1, -0.05) is 19.9 Å². The summed E-state index contributed by atoms with van der Waals surface area (Å²) < 4.78 is 1.96. The lowest BCUT2D eigenvalue weighted by Crippen LogP contribution is -2.44. The van der Waals surface area contributed by atoms with E-state index in [2.05, 4.69) is 64.1 Å². The molecule has 0 spiro atoms. The van der Waals surface area contributed by atoms with Crippen LogP contribution >= 0.6 is 35.3 Å². The second-order valence-electron chi connectivity index (χ2n) is 6.00. The minimum atomic E-state index is 0. The number of thiophene rings is 1. The van der Waals surface area contributed by atoms with Crippen LogP contribution in [0.4, 0.5) is 0 Å². The Morgan fingerprint density at radius 2 is 2.08 bits per heavy atom. The summed E-state index contributed by atoms with van der Waals surface area (Å²) in [6.07, 6.45) is 0. The van der Waals surface area contributed by atoms with Crippen LogP contribution in [0.3, 0.4) is 0 Å². The van der Waals surface area contributed by atoms with Crippen LogP contribution in [0, 0.1) is 12.8 Å². The van der Waals surface area contributed by atoms with Gasteiger partial charge in [0.05, 0.1) is 6.54 Å². The summed E-state index contributed by atoms with van der Waals surface area (Å²) in [4.78, 5) is 5.95. The largest absolute Gasteiger partial charge is 0.354 e. The maximum absolute atomic E-state index is 4.67. The van der Waals surface area contributed by atoms with E-state index in [1.165, 1.54) is 4.88 Å². The molecule has 134 valence electrons. The molecule has 24 heavy (non-hydrogen) atoms. The Balaban J connectivity index is 0.00000288. The summed E-state index contributed by atoms with van der Waals surface area (Å²) in [7, 11) is 1.96. The zero-order valence-electron chi connectivity index (χ0n) is 14.9. The number of guanidine groups is 1. The first-order valence-electron chi connectivity index (χ1n) is 7.89. The predicted octanol–water partition coefficient (Wildman–Crippen LogP) is 3.08. The molecule has 2 rings (SSSR count). The van der Waals surface area contributed by atoms with Gasteiger partial charge in [-0.2, -0.15) is 0 Å². The van der Waals surface area contributed by atoms with Crippen molar-refractivity contribution in [3.05, 3.63) is 34.0 Å². The number of aromatic nitrogens is 3. The van der Waals surface area contributed by atoms with Gasteiger partial charge in [-0.15, -0.1) is 45.5 Å². The molecular formula is C16H27IN6S. The number of hydrogen-bond donors (Lipinski definition) is 2. The normalized spacial score (nSPS) is 12.8. The van der Waals surface area contributed by atoms with Crippen LogP contribution < -0.4 is 10.6 Å². The topological polar surface area (TPSA) is 67.1 Å². The third-order valence-electron chi connectivity index (χ3n) is 3.94. The number of nitrogens with zero attached hydrogens (tertiary/aromatic N) is 4. The van der Waals surface area contributed by atoms with Gasteiger partial charge in [0, 0.05) is 18.0 Å². The van der Waals surface area contributed by atoms with Crippen LogP contribution in [0.25, 0.3) is 0 Å². The van der Waals surface area contributed by atoms with Crippen molar-refractivity contribution >= 4 is 41.3 Å². The van der Waals surface area contributed by atoms with E-state index >= 15 is 0 Å². The molecule has 2 N–H and O–H groups in total. The molecule has 1 atom stereocenters. The van der Waals surface area contributed by atoms with Gasteiger partial charge in [0.25, 0.3) is 0 Å². The molecule has 0 radical (unpaired) electrons. The van der Waals surface area contributed by atoms with E-state index in [1.807, 2.05) is 18.5 Å². The zero-order valence-corrected chi connectivity index (χ0v) is 18.1. The van der Waals surface area contributed by atoms with Crippen molar-refractivity contribution in [2.24, 2.45) is 18.0 Å². The van der Waals surface area contributed by atoms with Crippen LogP contribution in [0.2, 0.25) is 0 Å². The standard InChI is InChI=1S/C16H26N6S.HI/c1-11(2)12(3)19-16(17-9-14-7-6-8-23-14)18-10-15-21-20-13(4)22(15)5;/h6-8,11-12H,9-10H2,1-5H3,(H2,17,18,19);1H. The zero-order chi connectivity index (χ0) is 16.8. The summed E-state index contributed by atoms with van der Waals surface area (Å²) in [6.45, 7) is 9.77. The van der Waals surface area contributed by atoms with Crippen molar-refractivity contribution < 1.29 is 0 Å². The number of nitrogens with one attached hydrogen (secondary N) is 2. The lowest BCUT2D eigenvalue weighted by atomic mass is 10.1. The van der Waals surface area contributed by atoms with Crippen LogP contribution in [0.1, 0.15) is 37.3 Å². The van der Waals surface area contributed by atoms with E-state index in [0.717, 1.165) is 24.2 Å². The predicted molar refractivity (Wildman–Crippen MR) is 111 cm³/mol. The van der Waals surface area contributed by atoms with Crippen LogP contribution in [-0.4, -0.2) is 26.8 Å². The molecule has 6 nitrogen and oxygen atoms in total. The van der Waals surface area contributed by atoms with Crippen molar-refractivity contribution in [1.29, 1.82) is 0 Å². The maximum atomic E-state index is 4.67. The number of hydrogen-bond acceptors (Lipinski definition) is 4. The third-order valence-corrected chi connectivity index (χ3v) is 4.81. The molecule has 1 unspecified atom stereocenters. The molecule has 2 aromatic rings. The molecule has 0 aliphatic rings. The highest BCUT2D eigenvalue weighted by Crippen LogP contribution is 2.08. The highest BCUT2D eigenvalue weighted by molar-refractivity contribution is 14.0. The average Bonchev–Trinajstić information content (AvgIpc) is 3.14. The number of aliphatic imine (C=N–C) groups is 1. The van der Waals surface area contributed by atoms with Crippen molar-refractivity contribution in [2.45, 2.75) is 46.8 Å². The molecule has 0 aliphatic heterocycles. The smallest absolute Gasteiger partial charge is 0.192 e. The molecule has 0 aliphatic carbocycles. The Bertz CT molecular complexity index is 635. The van der Waals surface area contributed by atoms with Crippen molar-refractivity contribution in [3.63, 3.8) is 0 Å². The van der Waals surface area contributed by atoms with E-state index in [0.29, 0.717) is 18.5 Å². The fraction of sp³-hybridized carbons (Fsp3) is 0.562. The Morgan fingerprint density at radius 1 is 1.33 bits per heavy atom. The van der Waals surface area contributed by atoms with Crippen molar-refractivity contribution in [2.75, 3.05) is 0 Å². The first-order chi connectivity index (χ1) is 11.0. The monoisotopic (exact) mass is 462 g/mol. The lowest BCUT2D eigenvalue weighted by Gasteiger charge is -2.21. The second kappa shape index (κ2) is 9.97. The Kier molecular flexibility index (Phi) is 8.68. The quantitative estimate of drug-likeness (QED) is 0.394. The van der Waals surface area contributed by atoms with Crippen LogP contribution in [-0.2, 0) is 20.1 Å². The van der Waals surface area contributed by atoms with Crippen LogP contribution in [0.5, 0.6) is 0 Å².